The molecule has 0 atom stereocenters. The lowest BCUT2D eigenvalue weighted by atomic mass is 10.1. The van der Waals surface area contributed by atoms with Crippen molar-refractivity contribution in [3.8, 4) is 0 Å². The Balaban J connectivity index is 2.02. The molecule has 15 heavy (non-hydrogen) atoms. The molecule has 0 amide bonds. The van der Waals surface area contributed by atoms with Crippen molar-refractivity contribution in [2.45, 2.75) is 12.7 Å². The summed E-state index contributed by atoms with van der Waals surface area (Å²) in [6, 6.07) is 8.29. The van der Waals surface area contributed by atoms with Gasteiger partial charge in [-0.25, -0.2) is 4.98 Å². The van der Waals surface area contributed by atoms with Gasteiger partial charge in [0.05, 0.1) is 0 Å². The average molecular weight is 240 g/mol. The van der Waals surface area contributed by atoms with Gasteiger partial charge < -0.3 is 0 Å². The molecule has 0 aliphatic rings. The lowest BCUT2D eigenvalue weighted by Crippen LogP contribution is -1.91. The van der Waals surface area contributed by atoms with Gasteiger partial charge in [0.2, 0.25) is 5.28 Å². The van der Waals surface area contributed by atoms with E-state index >= 15 is 0 Å². The maximum absolute atomic E-state index is 5.62. The van der Waals surface area contributed by atoms with E-state index in [0.29, 0.717) is 0 Å². The van der Waals surface area contributed by atoms with E-state index in [9.17, 15) is 0 Å². The van der Waals surface area contributed by atoms with Crippen LogP contribution in [-0.2, 0) is 5.75 Å². The molecule has 1 heterocycles. The van der Waals surface area contributed by atoms with E-state index in [0.717, 1.165) is 5.75 Å². The van der Waals surface area contributed by atoms with Crippen molar-refractivity contribution in [2.24, 2.45) is 0 Å². The lowest BCUT2D eigenvalue weighted by molar-refractivity contribution is 1.00. The average Bonchev–Trinajstić information content (AvgIpc) is 2.63. The predicted molar refractivity (Wildman–Crippen MR) is 62.9 cm³/mol. The fourth-order valence-electron chi connectivity index (χ4n) is 1.20. The van der Waals surface area contributed by atoms with Crippen molar-refractivity contribution >= 4 is 23.5 Å². The summed E-state index contributed by atoms with van der Waals surface area (Å²) in [7, 11) is 0. The highest BCUT2D eigenvalue weighted by atomic mass is 35.5. The summed E-state index contributed by atoms with van der Waals surface area (Å²) in [5.74, 6) is 0.867. The summed E-state index contributed by atoms with van der Waals surface area (Å²) in [5, 5.41) is 4.27. The monoisotopic (exact) mass is 239 g/mol. The number of hydrogen-bond acceptors (Lipinski definition) is 3. The van der Waals surface area contributed by atoms with E-state index in [4.69, 9.17) is 11.6 Å². The zero-order valence-electron chi connectivity index (χ0n) is 8.22. The SMILES string of the molecule is Cc1ccccc1CSn1cnc(Cl)n1. The molecule has 1 aromatic heterocycles. The number of rotatable bonds is 3. The Bertz CT molecular complexity index is 455. The smallest absolute Gasteiger partial charge is 0.204 e. The Labute approximate surface area is 97.6 Å². The highest BCUT2D eigenvalue weighted by molar-refractivity contribution is 7.96. The summed E-state index contributed by atoms with van der Waals surface area (Å²) in [6.07, 6.45) is 1.62. The third-order valence-corrected chi connectivity index (χ3v) is 3.11. The summed E-state index contributed by atoms with van der Waals surface area (Å²) < 4.78 is 1.68. The summed E-state index contributed by atoms with van der Waals surface area (Å²) in [4.78, 5) is 3.85. The number of aryl methyl sites for hydroxylation is 1. The fourth-order valence-corrected chi connectivity index (χ4v) is 2.21. The number of aromatic nitrogens is 3. The van der Waals surface area contributed by atoms with Crippen molar-refractivity contribution in [1.29, 1.82) is 0 Å². The van der Waals surface area contributed by atoms with Crippen molar-refractivity contribution in [3.05, 3.63) is 47.0 Å². The van der Waals surface area contributed by atoms with Crippen LogP contribution in [0.25, 0.3) is 0 Å². The minimum Gasteiger partial charge on any atom is -0.204 e. The van der Waals surface area contributed by atoms with Crippen LogP contribution in [0.15, 0.2) is 30.6 Å². The van der Waals surface area contributed by atoms with E-state index in [1.165, 1.54) is 11.1 Å². The second-order valence-corrected chi connectivity index (χ2v) is 4.38. The normalized spacial score (nSPS) is 10.5. The Kier molecular flexibility index (Phi) is 3.28. The van der Waals surface area contributed by atoms with Gasteiger partial charge >= 0.3 is 0 Å². The van der Waals surface area contributed by atoms with E-state index in [-0.39, 0.29) is 5.28 Å². The molecule has 0 spiro atoms. The third kappa shape index (κ3) is 2.73. The van der Waals surface area contributed by atoms with Crippen LogP contribution in [0.2, 0.25) is 5.28 Å². The molecule has 0 saturated heterocycles. The van der Waals surface area contributed by atoms with Gasteiger partial charge in [-0.2, -0.15) is 4.09 Å². The minimum absolute atomic E-state index is 0.285. The highest BCUT2D eigenvalue weighted by Gasteiger charge is 2.00. The van der Waals surface area contributed by atoms with Gasteiger partial charge in [0.15, 0.2) is 0 Å². The van der Waals surface area contributed by atoms with Gasteiger partial charge in [-0.1, -0.05) is 24.3 Å². The van der Waals surface area contributed by atoms with Gasteiger partial charge in [0.25, 0.3) is 0 Å². The second-order valence-electron chi connectivity index (χ2n) is 3.12. The first-order chi connectivity index (χ1) is 7.25. The molecule has 1 aromatic carbocycles. The molecule has 0 unspecified atom stereocenters. The van der Waals surface area contributed by atoms with Crippen molar-refractivity contribution < 1.29 is 0 Å². The Morgan fingerprint density at radius 3 is 2.87 bits per heavy atom. The number of hydrogen-bond donors (Lipinski definition) is 0. The number of halogens is 1. The number of benzene rings is 1. The molecule has 2 rings (SSSR count). The number of nitrogens with zero attached hydrogens (tertiary/aromatic N) is 3. The molecule has 0 fully saturated rings. The third-order valence-electron chi connectivity index (χ3n) is 2.06. The van der Waals surface area contributed by atoms with Crippen LogP contribution in [0.1, 0.15) is 11.1 Å². The van der Waals surface area contributed by atoms with Crippen molar-refractivity contribution in [1.82, 2.24) is 14.2 Å². The first kappa shape index (κ1) is 10.5. The molecular formula is C10H10ClN3S. The second kappa shape index (κ2) is 4.68. The quantitative estimate of drug-likeness (QED) is 0.825. The summed E-state index contributed by atoms with van der Waals surface area (Å²) in [6.45, 7) is 2.10. The minimum atomic E-state index is 0.285. The fraction of sp³-hybridized carbons (Fsp3) is 0.200. The maximum Gasteiger partial charge on any atom is 0.243 e. The largest absolute Gasteiger partial charge is 0.243 e. The van der Waals surface area contributed by atoms with Crippen molar-refractivity contribution in [2.75, 3.05) is 0 Å². The van der Waals surface area contributed by atoms with Crippen molar-refractivity contribution in [3.63, 3.8) is 0 Å². The van der Waals surface area contributed by atoms with Gasteiger partial charge in [-0.05, 0) is 41.6 Å². The molecule has 3 nitrogen and oxygen atoms in total. The maximum atomic E-state index is 5.62. The molecule has 78 valence electrons. The molecule has 0 saturated carbocycles. The van der Waals surface area contributed by atoms with Gasteiger partial charge in [0, 0.05) is 5.75 Å². The van der Waals surface area contributed by atoms with Crippen LogP contribution in [0.4, 0.5) is 0 Å². The van der Waals surface area contributed by atoms with Crippen LogP contribution >= 0.6 is 23.5 Å². The summed E-state index contributed by atoms with van der Waals surface area (Å²) >= 11 is 7.18. The molecule has 0 N–H and O–H groups in total. The molecule has 0 aliphatic heterocycles. The zero-order valence-corrected chi connectivity index (χ0v) is 9.79. The Hall–Kier alpha value is -1.00. The summed E-state index contributed by atoms with van der Waals surface area (Å²) in [5.41, 5.74) is 2.59. The standard InChI is InChI=1S/C10H10ClN3S/c1-8-4-2-3-5-9(8)6-15-14-7-12-10(11)13-14/h2-5,7H,6H2,1H3. The van der Waals surface area contributed by atoms with E-state index in [1.54, 1.807) is 22.4 Å². The van der Waals surface area contributed by atoms with E-state index < -0.39 is 0 Å². The molecule has 5 heteroatoms. The molecule has 0 radical (unpaired) electrons. The Morgan fingerprint density at radius 2 is 2.20 bits per heavy atom. The lowest BCUT2D eigenvalue weighted by Gasteiger charge is -2.03. The molecule has 2 aromatic rings. The van der Waals surface area contributed by atoms with Gasteiger partial charge in [0.1, 0.15) is 6.33 Å². The molecule has 0 aliphatic carbocycles. The van der Waals surface area contributed by atoms with Crippen LogP contribution in [0.3, 0.4) is 0 Å². The van der Waals surface area contributed by atoms with Gasteiger partial charge in [-0.3, -0.25) is 0 Å². The predicted octanol–water partition coefficient (Wildman–Crippen LogP) is 2.94. The van der Waals surface area contributed by atoms with Crippen LogP contribution in [-0.4, -0.2) is 14.2 Å². The Morgan fingerprint density at radius 1 is 1.40 bits per heavy atom. The first-order valence-corrected chi connectivity index (χ1v) is 5.83. The zero-order chi connectivity index (χ0) is 10.7. The van der Waals surface area contributed by atoms with Crippen LogP contribution in [0, 0.1) is 6.92 Å². The highest BCUT2D eigenvalue weighted by Crippen LogP contribution is 2.17. The van der Waals surface area contributed by atoms with Gasteiger partial charge in [-0.15, -0.1) is 5.10 Å². The van der Waals surface area contributed by atoms with E-state index in [2.05, 4.69) is 29.1 Å². The van der Waals surface area contributed by atoms with Crippen LogP contribution in [0.5, 0.6) is 0 Å². The first-order valence-electron chi connectivity index (χ1n) is 4.50. The molecular weight excluding hydrogens is 230 g/mol. The topological polar surface area (TPSA) is 30.7 Å². The molecule has 0 bridgehead atoms. The van der Waals surface area contributed by atoms with Crippen LogP contribution < -0.4 is 0 Å². The van der Waals surface area contributed by atoms with E-state index in [1.807, 2.05) is 12.1 Å².